The highest BCUT2D eigenvalue weighted by atomic mass is 32.1. The maximum Gasteiger partial charge on any atom is 0.335 e. The molecule has 0 aromatic carbocycles. The van der Waals surface area contributed by atoms with Gasteiger partial charge in [0.1, 0.15) is 24.9 Å². The van der Waals surface area contributed by atoms with Crippen LogP contribution in [0.1, 0.15) is 75.5 Å². The summed E-state index contributed by atoms with van der Waals surface area (Å²) in [7, 11) is -5.82. The molecular weight excluding hydrogens is 643 g/mol. The second-order valence-electron chi connectivity index (χ2n) is 13.6. The molecule has 2 saturated heterocycles. The molecule has 46 heavy (non-hydrogen) atoms. The minimum atomic E-state index is -3.02. The van der Waals surface area contributed by atoms with Crippen molar-refractivity contribution in [3.63, 3.8) is 0 Å². The molecule has 0 bridgehead atoms. The van der Waals surface area contributed by atoms with Crippen LogP contribution in [0.5, 0.6) is 0 Å². The second-order valence-corrected chi connectivity index (χ2v) is 22.8. The number of ether oxygens (including phenoxy) is 2. The van der Waals surface area contributed by atoms with Crippen LogP contribution >= 0.6 is 12.2 Å². The van der Waals surface area contributed by atoms with Crippen molar-refractivity contribution < 1.29 is 27.2 Å². The first-order valence-electron chi connectivity index (χ1n) is 16.1. The summed E-state index contributed by atoms with van der Waals surface area (Å²) in [6, 6.07) is 0. The number of amides is 1. The Labute approximate surface area is 278 Å². The molecular formula is C30H47N7O6SSi2. The zero-order valence-corrected chi connectivity index (χ0v) is 31.1. The highest BCUT2D eigenvalue weighted by Gasteiger charge is 2.62. The zero-order valence-electron chi connectivity index (χ0n) is 28.3. The molecule has 13 nitrogen and oxygen atoms in total. The first-order valence-corrected chi connectivity index (χ1v) is 20.4. The number of thiocarbonyl (C=S) groups is 1. The van der Waals surface area contributed by atoms with Crippen LogP contribution in [-0.2, 0) is 27.2 Å². The molecule has 5 heterocycles. The highest BCUT2D eigenvalue weighted by Crippen LogP contribution is 2.49. The van der Waals surface area contributed by atoms with E-state index in [4.69, 9.17) is 34.7 Å². The van der Waals surface area contributed by atoms with E-state index in [-0.39, 0.29) is 45.8 Å². The van der Waals surface area contributed by atoms with E-state index in [2.05, 4.69) is 80.6 Å². The van der Waals surface area contributed by atoms with E-state index in [0.717, 1.165) is 0 Å². The van der Waals surface area contributed by atoms with Gasteiger partial charge in [0.05, 0.1) is 12.9 Å². The van der Waals surface area contributed by atoms with Crippen molar-refractivity contribution in [2.24, 2.45) is 5.92 Å². The summed E-state index contributed by atoms with van der Waals surface area (Å²) in [6.45, 7) is 21.3. The Balaban J connectivity index is 1.62. The number of nitrogens with zero attached hydrogens (tertiary/aromatic N) is 6. The van der Waals surface area contributed by atoms with Gasteiger partial charge < -0.3 is 27.8 Å². The quantitative estimate of drug-likeness (QED) is 0.231. The van der Waals surface area contributed by atoms with E-state index in [0.29, 0.717) is 17.0 Å². The lowest BCUT2D eigenvalue weighted by Gasteiger charge is -2.51. The van der Waals surface area contributed by atoms with Crippen LogP contribution in [-0.4, -0.2) is 82.2 Å². The first kappa shape index (κ1) is 34.7. The summed E-state index contributed by atoms with van der Waals surface area (Å²) in [6.07, 6.45) is 5.40. The van der Waals surface area contributed by atoms with E-state index in [9.17, 15) is 4.79 Å². The molecule has 4 atom stereocenters. The Hall–Kier alpha value is -2.61. The fourth-order valence-electron chi connectivity index (χ4n) is 6.41. The molecule has 0 aliphatic carbocycles. The number of rotatable bonds is 8. The third-order valence-electron chi connectivity index (χ3n) is 8.97. The Bertz CT molecular complexity index is 1520. The molecule has 2 aliphatic heterocycles. The molecule has 1 unspecified atom stereocenters. The molecule has 0 radical (unpaired) electrons. The van der Waals surface area contributed by atoms with Crippen molar-refractivity contribution in [2.75, 3.05) is 11.9 Å². The lowest BCUT2D eigenvalue weighted by molar-refractivity contribution is -0.118. The van der Waals surface area contributed by atoms with Gasteiger partial charge in [-0.15, -0.1) is 0 Å². The molecule has 3 aromatic heterocycles. The fraction of sp³-hybridized carbons (Fsp3) is 0.667. The van der Waals surface area contributed by atoms with Crippen molar-refractivity contribution in [1.82, 2.24) is 29.1 Å². The van der Waals surface area contributed by atoms with Gasteiger partial charge in [-0.2, -0.15) is 0 Å². The Kier molecular flexibility index (Phi) is 10.2. The van der Waals surface area contributed by atoms with E-state index in [1.165, 1.54) is 6.33 Å². The molecule has 252 valence electrons. The fourth-order valence-corrected chi connectivity index (χ4v) is 17.8. The van der Waals surface area contributed by atoms with Gasteiger partial charge in [-0.3, -0.25) is 13.9 Å². The molecule has 1 amide bonds. The van der Waals surface area contributed by atoms with Gasteiger partial charge in [0.25, 0.3) is 5.17 Å². The van der Waals surface area contributed by atoms with Crippen LogP contribution in [0.3, 0.4) is 0 Å². The lowest BCUT2D eigenvalue weighted by atomic mass is 10.1. The van der Waals surface area contributed by atoms with Crippen molar-refractivity contribution in [2.45, 2.75) is 116 Å². The van der Waals surface area contributed by atoms with Crippen LogP contribution in [0.4, 0.5) is 5.82 Å². The minimum absolute atomic E-state index is 0.105. The topological polar surface area (TPSA) is 137 Å². The number of nitrogens with one attached hydrogen (secondary N) is 1. The van der Waals surface area contributed by atoms with Crippen LogP contribution < -0.4 is 5.32 Å². The van der Waals surface area contributed by atoms with Gasteiger partial charge in [-0.25, -0.2) is 19.9 Å². The number of fused-ring (bicyclic) bond motifs is 2. The van der Waals surface area contributed by atoms with Gasteiger partial charge in [0, 0.05) is 18.3 Å². The highest BCUT2D eigenvalue weighted by molar-refractivity contribution is 7.80. The Morgan fingerprint density at radius 3 is 2.24 bits per heavy atom. The number of carbonyl (C=O) groups excluding carboxylic acids is 1. The monoisotopic (exact) mass is 689 g/mol. The molecule has 3 aromatic rings. The smallest absolute Gasteiger partial charge is 0.335 e. The lowest BCUT2D eigenvalue weighted by Crippen LogP contribution is -2.66. The van der Waals surface area contributed by atoms with Crippen molar-refractivity contribution in [1.29, 1.82) is 0 Å². The van der Waals surface area contributed by atoms with E-state index >= 15 is 0 Å². The summed E-state index contributed by atoms with van der Waals surface area (Å²) in [5.74, 6) is -0.0860. The number of anilines is 1. The molecule has 2 aliphatic rings. The number of aromatic nitrogens is 6. The molecule has 1 N–H and O–H groups in total. The summed E-state index contributed by atoms with van der Waals surface area (Å²) in [5, 5.41) is 3.06. The normalized spacial score (nSPS) is 24.5. The third-order valence-corrected chi connectivity index (χ3v) is 19.5. The van der Waals surface area contributed by atoms with E-state index in [1.807, 2.05) is 13.8 Å². The average molecular weight is 690 g/mol. The molecule has 5 rings (SSSR count). The van der Waals surface area contributed by atoms with Gasteiger partial charge in [-0.1, -0.05) is 69.2 Å². The maximum absolute atomic E-state index is 12.6. The molecule has 2 fully saturated rings. The van der Waals surface area contributed by atoms with E-state index < -0.39 is 41.7 Å². The summed E-state index contributed by atoms with van der Waals surface area (Å²) in [5.41, 5.74) is 1.48. The predicted octanol–water partition coefficient (Wildman–Crippen LogP) is 5.69. The summed E-state index contributed by atoms with van der Waals surface area (Å²) >= 11 is 5.75. The standard InChI is InChI=1S/C30H47N7O6SSi2/c1-17(2)28(38)35-26-23-27(33-14-32-26)37(16-34-23)29-25(41-30(44)36-12-11-31-15-36)24-22(40-29)13-39-45(18(3)4,19(5)6)43-46(42-24,20(7)8)21(9)10/h11-12,14-22,24-25,29H,13H2,1-10H3,(H,32,33,35,38)/t22-,24+,25?,29-/m1/s1. The average Bonchev–Trinajstić information content (AvgIpc) is 3.73. The molecule has 0 saturated carbocycles. The van der Waals surface area contributed by atoms with E-state index in [1.54, 1.807) is 34.2 Å². The summed E-state index contributed by atoms with van der Waals surface area (Å²) in [4.78, 5) is 30.1. The number of hydrogen-bond donors (Lipinski definition) is 1. The minimum Gasteiger partial charge on any atom is -0.459 e. The SMILES string of the molecule is CC(C)C(=O)Nc1ncnc2c1ncn2[C@@H]1O[C@@H]2CO[Si](C(C)C)(C(C)C)O[Si](C(C)C)(C(C)C)O[C@@H]2C1OC(=S)n1ccnc1. The van der Waals surface area contributed by atoms with Crippen LogP contribution in [0, 0.1) is 5.92 Å². The maximum atomic E-state index is 12.6. The van der Waals surface area contributed by atoms with Gasteiger partial charge >= 0.3 is 17.1 Å². The second kappa shape index (κ2) is 13.5. The zero-order chi connectivity index (χ0) is 33.6. The number of hydrogen-bond acceptors (Lipinski definition) is 11. The number of imidazole rings is 2. The summed E-state index contributed by atoms with van der Waals surface area (Å²) < 4.78 is 38.6. The molecule has 16 heteroatoms. The Morgan fingerprint density at radius 1 is 0.978 bits per heavy atom. The largest absolute Gasteiger partial charge is 0.459 e. The van der Waals surface area contributed by atoms with Gasteiger partial charge in [0.2, 0.25) is 5.91 Å². The van der Waals surface area contributed by atoms with Crippen molar-refractivity contribution in [3.05, 3.63) is 31.4 Å². The van der Waals surface area contributed by atoms with Crippen molar-refractivity contribution >= 4 is 57.4 Å². The van der Waals surface area contributed by atoms with Crippen molar-refractivity contribution in [3.8, 4) is 0 Å². The Morgan fingerprint density at radius 2 is 1.65 bits per heavy atom. The predicted molar refractivity (Wildman–Crippen MR) is 182 cm³/mol. The van der Waals surface area contributed by atoms with Gasteiger partial charge in [-0.05, 0) is 34.4 Å². The third kappa shape index (κ3) is 6.20. The molecule has 0 spiro atoms. The van der Waals surface area contributed by atoms with Crippen LogP contribution in [0.15, 0.2) is 31.4 Å². The van der Waals surface area contributed by atoms with Gasteiger partial charge in [0.15, 0.2) is 29.3 Å². The van der Waals surface area contributed by atoms with Crippen LogP contribution in [0.25, 0.3) is 11.2 Å². The number of carbonyl (C=O) groups is 1. The first-order chi connectivity index (χ1) is 21.7. The van der Waals surface area contributed by atoms with Crippen LogP contribution in [0.2, 0.25) is 22.2 Å².